The molecular weight excluding hydrogens is 170 g/mol. The largest absolute Gasteiger partial charge is 0.339 e. The van der Waals surface area contributed by atoms with Crippen LogP contribution in [0.2, 0.25) is 0 Å². The summed E-state index contributed by atoms with van der Waals surface area (Å²) in [5.41, 5.74) is 0. The highest BCUT2D eigenvalue weighted by Gasteiger charge is 2.11. The van der Waals surface area contributed by atoms with E-state index in [0.717, 1.165) is 0 Å². The van der Waals surface area contributed by atoms with Crippen LogP contribution in [0.5, 0.6) is 0 Å². The number of nitrogens with zero attached hydrogens (tertiary/aromatic N) is 2. The molecule has 0 bridgehead atoms. The van der Waals surface area contributed by atoms with Crippen LogP contribution < -0.4 is 5.32 Å². The van der Waals surface area contributed by atoms with Crippen molar-refractivity contribution >= 4 is 5.91 Å². The SMILES string of the molecule is C#CCNC(=O)c1noc(CC)n1. The van der Waals surface area contributed by atoms with E-state index < -0.39 is 5.91 Å². The summed E-state index contributed by atoms with van der Waals surface area (Å²) in [6.07, 6.45) is 5.56. The fourth-order valence-corrected chi connectivity index (χ4v) is 0.701. The number of rotatable bonds is 3. The molecule has 1 N–H and O–H groups in total. The Bertz CT molecular complexity index is 337. The lowest BCUT2D eigenvalue weighted by Crippen LogP contribution is -2.24. The van der Waals surface area contributed by atoms with E-state index in [4.69, 9.17) is 10.9 Å². The van der Waals surface area contributed by atoms with Gasteiger partial charge in [-0.2, -0.15) is 4.98 Å². The van der Waals surface area contributed by atoms with Gasteiger partial charge >= 0.3 is 0 Å². The van der Waals surface area contributed by atoms with Gasteiger partial charge in [0.1, 0.15) is 0 Å². The van der Waals surface area contributed by atoms with Crippen molar-refractivity contribution in [3.05, 3.63) is 11.7 Å². The van der Waals surface area contributed by atoms with Crippen LogP contribution in [0.15, 0.2) is 4.52 Å². The van der Waals surface area contributed by atoms with Gasteiger partial charge in [-0.15, -0.1) is 6.42 Å². The number of carbonyl (C=O) groups is 1. The molecule has 5 heteroatoms. The molecule has 0 unspecified atom stereocenters. The van der Waals surface area contributed by atoms with Gasteiger partial charge in [0, 0.05) is 6.42 Å². The Kier molecular flexibility index (Phi) is 3.03. The summed E-state index contributed by atoms with van der Waals surface area (Å²) in [5.74, 6) is 2.31. The zero-order chi connectivity index (χ0) is 9.68. The molecule has 1 amide bonds. The summed E-state index contributed by atoms with van der Waals surface area (Å²) in [6.45, 7) is 2.02. The predicted octanol–water partition coefficient (Wildman–Crippen LogP) is -0.00500. The average molecular weight is 179 g/mol. The van der Waals surface area contributed by atoms with Crippen LogP contribution >= 0.6 is 0 Å². The first-order valence-corrected chi connectivity index (χ1v) is 3.82. The predicted molar refractivity (Wildman–Crippen MR) is 44.8 cm³/mol. The number of hydrogen-bond acceptors (Lipinski definition) is 4. The topological polar surface area (TPSA) is 68.0 Å². The summed E-state index contributed by atoms with van der Waals surface area (Å²) in [6, 6.07) is 0. The van der Waals surface area contributed by atoms with Gasteiger partial charge in [-0.1, -0.05) is 18.0 Å². The average Bonchev–Trinajstić information content (AvgIpc) is 2.62. The Morgan fingerprint density at radius 2 is 2.54 bits per heavy atom. The van der Waals surface area contributed by atoms with Crippen molar-refractivity contribution in [1.82, 2.24) is 15.5 Å². The highest BCUT2D eigenvalue weighted by Crippen LogP contribution is 1.96. The molecule has 1 aromatic rings. The van der Waals surface area contributed by atoms with Crippen molar-refractivity contribution in [1.29, 1.82) is 0 Å². The van der Waals surface area contributed by atoms with E-state index in [-0.39, 0.29) is 12.4 Å². The van der Waals surface area contributed by atoms with Crippen LogP contribution in [0.3, 0.4) is 0 Å². The van der Waals surface area contributed by atoms with Gasteiger partial charge in [-0.25, -0.2) is 0 Å². The van der Waals surface area contributed by atoms with E-state index in [9.17, 15) is 4.79 Å². The van der Waals surface area contributed by atoms with Crippen LogP contribution in [0, 0.1) is 12.3 Å². The third-order valence-electron chi connectivity index (χ3n) is 1.32. The van der Waals surface area contributed by atoms with Gasteiger partial charge < -0.3 is 9.84 Å². The van der Waals surface area contributed by atoms with E-state index in [1.54, 1.807) is 0 Å². The lowest BCUT2D eigenvalue weighted by molar-refractivity contribution is 0.0945. The molecule has 0 fully saturated rings. The highest BCUT2D eigenvalue weighted by molar-refractivity contribution is 5.90. The normalized spacial score (nSPS) is 9.23. The second-order valence-electron chi connectivity index (χ2n) is 2.25. The minimum Gasteiger partial charge on any atom is -0.339 e. The van der Waals surface area contributed by atoms with Crippen molar-refractivity contribution in [2.45, 2.75) is 13.3 Å². The number of amides is 1. The lowest BCUT2D eigenvalue weighted by atomic mass is 10.5. The molecule has 5 nitrogen and oxygen atoms in total. The third kappa shape index (κ3) is 2.30. The molecule has 0 radical (unpaired) electrons. The Morgan fingerprint density at radius 1 is 1.77 bits per heavy atom. The second kappa shape index (κ2) is 4.26. The summed E-state index contributed by atoms with van der Waals surface area (Å²) in [7, 11) is 0. The fraction of sp³-hybridized carbons (Fsp3) is 0.375. The van der Waals surface area contributed by atoms with Crippen molar-refractivity contribution in [2.24, 2.45) is 0 Å². The molecule has 0 aromatic carbocycles. The van der Waals surface area contributed by atoms with E-state index in [1.165, 1.54) is 0 Å². The molecular formula is C8H9N3O2. The van der Waals surface area contributed by atoms with Gasteiger partial charge in [0.05, 0.1) is 6.54 Å². The van der Waals surface area contributed by atoms with E-state index in [0.29, 0.717) is 12.3 Å². The van der Waals surface area contributed by atoms with E-state index in [1.807, 2.05) is 6.92 Å². The van der Waals surface area contributed by atoms with Crippen LogP contribution in [0.25, 0.3) is 0 Å². The monoisotopic (exact) mass is 179 g/mol. The second-order valence-corrected chi connectivity index (χ2v) is 2.25. The highest BCUT2D eigenvalue weighted by atomic mass is 16.5. The van der Waals surface area contributed by atoms with Gasteiger partial charge in [-0.05, 0) is 0 Å². The van der Waals surface area contributed by atoms with Gasteiger partial charge in [-0.3, -0.25) is 4.79 Å². The molecule has 1 rings (SSSR count). The van der Waals surface area contributed by atoms with Crippen LogP contribution in [-0.2, 0) is 6.42 Å². The number of terminal acetylenes is 1. The number of aryl methyl sites for hydroxylation is 1. The third-order valence-corrected chi connectivity index (χ3v) is 1.32. The van der Waals surface area contributed by atoms with Gasteiger partial charge in [0.2, 0.25) is 5.89 Å². The summed E-state index contributed by atoms with van der Waals surface area (Å²) in [5, 5.41) is 5.90. The molecule has 0 spiro atoms. The standard InChI is InChI=1S/C8H9N3O2/c1-3-5-9-8(12)7-10-6(4-2)13-11-7/h1H,4-5H2,2H3,(H,9,12). The smallest absolute Gasteiger partial charge is 0.293 e. The molecule has 0 saturated carbocycles. The van der Waals surface area contributed by atoms with Gasteiger partial charge in [0.25, 0.3) is 11.7 Å². The van der Waals surface area contributed by atoms with Crippen molar-refractivity contribution in [2.75, 3.05) is 6.54 Å². The van der Waals surface area contributed by atoms with Crippen molar-refractivity contribution < 1.29 is 9.32 Å². The first-order chi connectivity index (χ1) is 6.27. The van der Waals surface area contributed by atoms with Crippen LogP contribution in [0.4, 0.5) is 0 Å². The summed E-state index contributed by atoms with van der Waals surface area (Å²) >= 11 is 0. The maximum absolute atomic E-state index is 11.1. The molecule has 1 aromatic heterocycles. The Hall–Kier alpha value is -1.83. The first-order valence-electron chi connectivity index (χ1n) is 3.82. The molecule has 0 atom stereocenters. The molecule has 0 saturated heterocycles. The maximum Gasteiger partial charge on any atom is 0.293 e. The molecule has 0 aliphatic carbocycles. The Morgan fingerprint density at radius 3 is 3.08 bits per heavy atom. The molecule has 68 valence electrons. The first kappa shape index (κ1) is 9.26. The number of aromatic nitrogens is 2. The van der Waals surface area contributed by atoms with Gasteiger partial charge in [0.15, 0.2) is 0 Å². The maximum atomic E-state index is 11.1. The lowest BCUT2D eigenvalue weighted by Gasteiger charge is -1.92. The van der Waals surface area contributed by atoms with E-state index in [2.05, 4.69) is 21.4 Å². The minimum atomic E-state index is -0.415. The molecule has 0 aliphatic heterocycles. The van der Waals surface area contributed by atoms with E-state index >= 15 is 0 Å². The molecule has 13 heavy (non-hydrogen) atoms. The molecule has 0 aliphatic rings. The van der Waals surface area contributed by atoms with Crippen LogP contribution in [0.1, 0.15) is 23.4 Å². The minimum absolute atomic E-state index is 0.0205. The quantitative estimate of drug-likeness (QED) is 0.663. The number of nitrogens with one attached hydrogen (secondary N) is 1. The van der Waals surface area contributed by atoms with Crippen LogP contribution in [-0.4, -0.2) is 22.6 Å². The molecule has 1 heterocycles. The zero-order valence-corrected chi connectivity index (χ0v) is 7.20. The Labute approximate surface area is 75.5 Å². The van der Waals surface area contributed by atoms with Crippen molar-refractivity contribution in [3.8, 4) is 12.3 Å². The summed E-state index contributed by atoms with van der Waals surface area (Å²) in [4.78, 5) is 15.0. The Balaban J connectivity index is 2.62. The zero-order valence-electron chi connectivity index (χ0n) is 7.20. The number of hydrogen-bond donors (Lipinski definition) is 1. The fourth-order valence-electron chi connectivity index (χ4n) is 0.701. The number of carbonyl (C=O) groups excluding carboxylic acids is 1. The summed E-state index contributed by atoms with van der Waals surface area (Å²) < 4.78 is 4.74. The van der Waals surface area contributed by atoms with Crippen molar-refractivity contribution in [3.63, 3.8) is 0 Å².